The molecule has 2 atom stereocenters. The molecule has 1 aromatic rings. The second-order valence-electron chi connectivity index (χ2n) is 5.06. The maximum absolute atomic E-state index is 6.09. The van der Waals surface area contributed by atoms with Gasteiger partial charge in [-0.25, -0.2) is 4.98 Å². The Morgan fingerprint density at radius 1 is 1.44 bits per heavy atom. The number of hydrogen-bond donors (Lipinski definition) is 1. The average molecular weight is 269 g/mol. The van der Waals surface area contributed by atoms with Crippen molar-refractivity contribution < 1.29 is 4.74 Å². The van der Waals surface area contributed by atoms with Gasteiger partial charge in [0, 0.05) is 18.8 Å². The predicted octanol–water partition coefficient (Wildman–Crippen LogP) is 3.41. The van der Waals surface area contributed by atoms with Crippen LogP contribution in [0.4, 0.5) is 0 Å². The van der Waals surface area contributed by atoms with E-state index >= 15 is 0 Å². The lowest BCUT2D eigenvalue weighted by atomic mass is 9.88. The smallest absolute Gasteiger partial charge is 0.213 e. The Morgan fingerprint density at radius 2 is 2.22 bits per heavy atom. The first-order valence-corrected chi connectivity index (χ1v) is 7.04. The van der Waals surface area contributed by atoms with Crippen LogP contribution in [0.15, 0.2) is 12.3 Å². The molecule has 0 saturated heterocycles. The number of halogens is 1. The molecule has 1 saturated carbocycles. The van der Waals surface area contributed by atoms with Gasteiger partial charge >= 0.3 is 0 Å². The molecule has 0 aromatic carbocycles. The van der Waals surface area contributed by atoms with Gasteiger partial charge in [0.15, 0.2) is 0 Å². The Balaban J connectivity index is 2.06. The maximum atomic E-state index is 6.09. The fourth-order valence-electron chi connectivity index (χ4n) is 2.46. The van der Waals surface area contributed by atoms with Crippen molar-refractivity contribution in [1.29, 1.82) is 0 Å². The molecule has 3 nitrogen and oxygen atoms in total. The summed E-state index contributed by atoms with van der Waals surface area (Å²) in [5, 5.41) is 3.79. The molecule has 1 aliphatic rings. The summed E-state index contributed by atoms with van der Waals surface area (Å²) in [5.74, 6) is 1.31. The van der Waals surface area contributed by atoms with Crippen LogP contribution in [0, 0.1) is 5.92 Å². The summed E-state index contributed by atoms with van der Waals surface area (Å²) < 4.78 is 6.01. The van der Waals surface area contributed by atoms with Gasteiger partial charge in [0.1, 0.15) is 6.10 Å². The van der Waals surface area contributed by atoms with E-state index in [1.165, 1.54) is 19.3 Å². The van der Waals surface area contributed by atoms with Crippen LogP contribution < -0.4 is 10.1 Å². The highest BCUT2D eigenvalue weighted by Gasteiger charge is 2.23. The van der Waals surface area contributed by atoms with Crippen molar-refractivity contribution in [2.24, 2.45) is 5.92 Å². The van der Waals surface area contributed by atoms with Crippen molar-refractivity contribution in [3.63, 3.8) is 0 Å². The zero-order chi connectivity index (χ0) is 13.0. The van der Waals surface area contributed by atoms with Gasteiger partial charge in [-0.05, 0) is 37.8 Å². The van der Waals surface area contributed by atoms with Crippen molar-refractivity contribution in [3.8, 4) is 5.88 Å². The van der Waals surface area contributed by atoms with Gasteiger partial charge in [-0.15, -0.1) is 0 Å². The number of hydrogen-bond acceptors (Lipinski definition) is 3. The van der Waals surface area contributed by atoms with Crippen LogP contribution in [0.25, 0.3) is 0 Å². The van der Waals surface area contributed by atoms with E-state index in [0.717, 1.165) is 18.5 Å². The average Bonchev–Trinajstić information content (AvgIpc) is 2.36. The fourth-order valence-corrected chi connectivity index (χ4v) is 2.63. The topological polar surface area (TPSA) is 34.1 Å². The lowest BCUT2D eigenvalue weighted by Gasteiger charge is -2.28. The molecule has 1 heterocycles. The zero-order valence-electron chi connectivity index (χ0n) is 11.1. The van der Waals surface area contributed by atoms with Gasteiger partial charge in [-0.1, -0.05) is 24.9 Å². The first-order valence-electron chi connectivity index (χ1n) is 6.66. The van der Waals surface area contributed by atoms with Crippen LogP contribution >= 0.6 is 11.6 Å². The first-order chi connectivity index (χ1) is 8.70. The third-order valence-electron chi connectivity index (χ3n) is 3.58. The van der Waals surface area contributed by atoms with E-state index in [9.17, 15) is 0 Å². The van der Waals surface area contributed by atoms with E-state index in [2.05, 4.69) is 17.2 Å². The summed E-state index contributed by atoms with van der Waals surface area (Å²) in [5.41, 5.74) is 1.03. The molecular weight excluding hydrogens is 248 g/mol. The highest BCUT2D eigenvalue weighted by Crippen LogP contribution is 2.28. The molecule has 0 aliphatic heterocycles. The number of rotatable bonds is 4. The standard InChI is InChI=1S/C14H21ClN2O/c1-10-5-3-4-6-13(10)18-14-7-11(8-16-2)12(15)9-17-14/h7,9-10,13,16H,3-6,8H2,1-2H3. The summed E-state index contributed by atoms with van der Waals surface area (Å²) in [7, 11) is 1.90. The van der Waals surface area contributed by atoms with E-state index < -0.39 is 0 Å². The summed E-state index contributed by atoms with van der Waals surface area (Å²) in [6.07, 6.45) is 6.94. The highest BCUT2D eigenvalue weighted by atomic mass is 35.5. The minimum absolute atomic E-state index is 0.301. The molecule has 1 aliphatic carbocycles. The van der Waals surface area contributed by atoms with Gasteiger partial charge in [0.25, 0.3) is 0 Å². The minimum Gasteiger partial charge on any atom is -0.474 e. The summed E-state index contributed by atoms with van der Waals surface area (Å²) >= 11 is 6.09. The zero-order valence-corrected chi connectivity index (χ0v) is 11.8. The van der Waals surface area contributed by atoms with Crippen molar-refractivity contribution >= 4 is 11.6 Å². The molecule has 1 fully saturated rings. The lowest BCUT2D eigenvalue weighted by molar-refractivity contribution is 0.0975. The molecule has 2 rings (SSSR count). The third kappa shape index (κ3) is 3.36. The van der Waals surface area contributed by atoms with Crippen LogP contribution in [0.5, 0.6) is 5.88 Å². The molecule has 2 unspecified atom stereocenters. The van der Waals surface area contributed by atoms with Gasteiger partial charge in [0.05, 0.1) is 5.02 Å². The van der Waals surface area contributed by atoms with Crippen molar-refractivity contribution in [2.75, 3.05) is 7.05 Å². The SMILES string of the molecule is CNCc1cc(OC2CCCCC2C)ncc1Cl. The fraction of sp³-hybridized carbons (Fsp3) is 0.643. The van der Waals surface area contributed by atoms with E-state index in [1.54, 1.807) is 6.20 Å². The van der Waals surface area contributed by atoms with Crippen molar-refractivity contribution in [1.82, 2.24) is 10.3 Å². The highest BCUT2D eigenvalue weighted by molar-refractivity contribution is 6.31. The third-order valence-corrected chi connectivity index (χ3v) is 3.92. The van der Waals surface area contributed by atoms with Gasteiger partial charge in [0.2, 0.25) is 5.88 Å². The molecule has 1 aromatic heterocycles. The summed E-state index contributed by atoms with van der Waals surface area (Å²) in [4.78, 5) is 4.27. The molecule has 18 heavy (non-hydrogen) atoms. The number of pyridine rings is 1. The summed E-state index contributed by atoms with van der Waals surface area (Å²) in [6, 6.07) is 1.94. The Kier molecular flexibility index (Phi) is 4.84. The monoisotopic (exact) mass is 268 g/mol. The van der Waals surface area contributed by atoms with Crippen LogP contribution in [0.1, 0.15) is 38.2 Å². The molecule has 0 spiro atoms. The molecule has 0 bridgehead atoms. The van der Waals surface area contributed by atoms with Crippen LogP contribution in [-0.4, -0.2) is 18.1 Å². The van der Waals surface area contributed by atoms with Gasteiger partial charge in [-0.3, -0.25) is 0 Å². The number of ether oxygens (including phenoxy) is 1. The van der Waals surface area contributed by atoms with Gasteiger partial charge < -0.3 is 10.1 Å². The van der Waals surface area contributed by atoms with Crippen molar-refractivity contribution in [3.05, 3.63) is 22.8 Å². The second kappa shape index (κ2) is 6.39. The van der Waals surface area contributed by atoms with E-state index in [4.69, 9.17) is 16.3 Å². The second-order valence-corrected chi connectivity index (χ2v) is 5.47. The first kappa shape index (κ1) is 13.6. The van der Waals surface area contributed by atoms with Crippen LogP contribution in [-0.2, 0) is 6.54 Å². The number of nitrogens with one attached hydrogen (secondary N) is 1. The Morgan fingerprint density at radius 3 is 2.94 bits per heavy atom. The van der Waals surface area contributed by atoms with E-state index in [1.807, 2.05) is 13.1 Å². The molecule has 0 radical (unpaired) electrons. The quantitative estimate of drug-likeness (QED) is 0.909. The Hall–Kier alpha value is -0.800. The van der Waals surface area contributed by atoms with E-state index in [0.29, 0.717) is 22.9 Å². The van der Waals surface area contributed by atoms with Crippen LogP contribution in [0.3, 0.4) is 0 Å². The Labute approximate surface area is 114 Å². The van der Waals surface area contributed by atoms with E-state index in [-0.39, 0.29) is 0 Å². The predicted molar refractivity (Wildman–Crippen MR) is 74.1 cm³/mol. The number of aromatic nitrogens is 1. The molecule has 4 heteroatoms. The lowest BCUT2D eigenvalue weighted by Crippen LogP contribution is -2.28. The normalized spacial score (nSPS) is 23.9. The van der Waals surface area contributed by atoms with Gasteiger partial charge in [-0.2, -0.15) is 0 Å². The van der Waals surface area contributed by atoms with Crippen molar-refractivity contribution in [2.45, 2.75) is 45.3 Å². The summed E-state index contributed by atoms with van der Waals surface area (Å²) in [6.45, 7) is 2.99. The maximum Gasteiger partial charge on any atom is 0.213 e. The largest absolute Gasteiger partial charge is 0.474 e. The molecule has 0 amide bonds. The number of nitrogens with zero attached hydrogens (tertiary/aromatic N) is 1. The molecular formula is C14H21ClN2O. The molecule has 100 valence electrons. The minimum atomic E-state index is 0.301. The Bertz CT molecular complexity index is 397. The van der Waals surface area contributed by atoms with Crippen LogP contribution in [0.2, 0.25) is 5.02 Å². The molecule has 1 N–H and O–H groups in total.